The molecule has 1 aromatic carbocycles. The Morgan fingerprint density at radius 3 is 2.10 bits per heavy atom. The highest BCUT2D eigenvalue weighted by Crippen LogP contribution is 2.38. The molecule has 6 heteroatoms. The third kappa shape index (κ3) is 4.03. The van der Waals surface area contributed by atoms with Crippen LogP contribution in [-0.4, -0.2) is 45.6 Å². The molecule has 0 aliphatic heterocycles. The zero-order valence-corrected chi connectivity index (χ0v) is 12.0. The van der Waals surface area contributed by atoms with Crippen LogP contribution in [0.15, 0.2) is 12.1 Å². The zero-order chi connectivity index (χ0) is 15.0. The average molecular weight is 284 g/mol. The van der Waals surface area contributed by atoms with E-state index >= 15 is 0 Å². The van der Waals surface area contributed by atoms with Crippen LogP contribution >= 0.6 is 0 Å². The molecule has 6 nitrogen and oxygen atoms in total. The van der Waals surface area contributed by atoms with Crippen molar-refractivity contribution in [2.24, 2.45) is 0 Å². The number of aliphatic hydroxyl groups excluding tert-OH is 1. The van der Waals surface area contributed by atoms with E-state index in [0.29, 0.717) is 35.7 Å². The highest BCUT2D eigenvalue weighted by Gasteiger charge is 2.17. The molecule has 0 bridgehead atoms. The van der Waals surface area contributed by atoms with Crippen molar-refractivity contribution in [1.82, 2.24) is 0 Å². The maximum atomic E-state index is 11.9. The maximum absolute atomic E-state index is 11.9. The molecule has 0 fully saturated rings. The van der Waals surface area contributed by atoms with Gasteiger partial charge in [-0.25, -0.2) is 4.79 Å². The van der Waals surface area contributed by atoms with E-state index in [1.165, 1.54) is 33.5 Å². The molecule has 0 aliphatic rings. The van der Waals surface area contributed by atoms with Gasteiger partial charge < -0.3 is 24.1 Å². The summed E-state index contributed by atoms with van der Waals surface area (Å²) >= 11 is 0. The number of ether oxygens (including phenoxy) is 4. The summed E-state index contributed by atoms with van der Waals surface area (Å²) in [5.41, 5.74) is 0.323. The number of methoxy groups -OCH3 is 3. The van der Waals surface area contributed by atoms with Crippen molar-refractivity contribution in [1.29, 1.82) is 0 Å². The van der Waals surface area contributed by atoms with Crippen molar-refractivity contribution in [3.05, 3.63) is 17.7 Å². The summed E-state index contributed by atoms with van der Waals surface area (Å²) in [4.78, 5) is 11.9. The summed E-state index contributed by atoms with van der Waals surface area (Å²) in [6.07, 6.45) is 1.22. The average Bonchev–Trinajstić information content (AvgIpc) is 2.49. The summed E-state index contributed by atoms with van der Waals surface area (Å²) in [5.74, 6) is 0.748. The van der Waals surface area contributed by atoms with E-state index in [-0.39, 0.29) is 13.2 Å². The number of hydrogen-bond acceptors (Lipinski definition) is 6. The van der Waals surface area contributed by atoms with Crippen molar-refractivity contribution in [3.63, 3.8) is 0 Å². The van der Waals surface area contributed by atoms with Crippen LogP contribution < -0.4 is 14.2 Å². The van der Waals surface area contributed by atoms with Crippen molar-refractivity contribution in [2.45, 2.75) is 12.8 Å². The lowest BCUT2D eigenvalue weighted by atomic mass is 10.2. The minimum atomic E-state index is -0.470. The molecule has 112 valence electrons. The van der Waals surface area contributed by atoms with Gasteiger partial charge in [-0.1, -0.05) is 0 Å². The second kappa shape index (κ2) is 8.27. The van der Waals surface area contributed by atoms with Crippen LogP contribution in [0.5, 0.6) is 17.2 Å². The van der Waals surface area contributed by atoms with E-state index in [2.05, 4.69) is 0 Å². The Balaban J connectivity index is 2.86. The monoisotopic (exact) mass is 284 g/mol. The van der Waals surface area contributed by atoms with Gasteiger partial charge in [0, 0.05) is 6.61 Å². The second-order valence-corrected chi connectivity index (χ2v) is 3.98. The number of esters is 1. The topological polar surface area (TPSA) is 74.2 Å². The van der Waals surface area contributed by atoms with Gasteiger partial charge in [-0.05, 0) is 25.0 Å². The molecule has 0 radical (unpaired) electrons. The molecule has 0 saturated heterocycles. The van der Waals surface area contributed by atoms with Crippen LogP contribution in [0.4, 0.5) is 0 Å². The fourth-order valence-corrected chi connectivity index (χ4v) is 1.66. The van der Waals surface area contributed by atoms with E-state index in [9.17, 15) is 4.79 Å². The molecule has 0 amide bonds. The Hall–Kier alpha value is -1.95. The smallest absolute Gasteiger partial charge is 0.338 e. The molecule has 0 heterocycles. The minimum absolute atomic E-state index is 0.0851. The molecular formula is C14H20O6. The number of carbonyl (C=O) groups is 1. The normalized spacial score (nSPS) is 10.0. The van der Waals surface area contributed by atoms with Gasteiger partial charge in [0.25, 0.3) is 0 Å². The quantitative estimate of drug-likeness (QED) is 0.578. The minimum Gasteiger partial charge on any atom is -0.493 e. The largest absolute Gasteiger partial charge is 0.493 e. The van der Waals surface area contributed by atoms with Crippen molar-refractivity contribution >= 4 is 5.97 Å². The molecule has 0 unspecified atom stereocenters. The molecule has 1 rings (SSSR count). The zero-order valence-electron chi connectivity index (χ0n) is 12.0. The lowest BCUT2D eigenvalue weighted by Gasteiger charge is -2.13. The molecule has 0 aromatic heterocycles. The molecule has 0 atom stereocenters. The van der Waals surface area contributed by atoms with Crippen LogP contribution in [-0.2, 0) is 4.74 Å². The van der Waals surface area contributed by atoms with Gasteiger partial charge in [-0.2, -0.15) is 0 Å². The molecule has 0 aliphatic carbocycles. The number of rotatable bonds is 8. The van der Waals surface area contributed by atoms with Gasteiger partial charge in [0.05, 0.1) is 33.5 Å². The molecular weight excluding hydrogens is 264 g/mol. The Kier molecular flexibility index (Phi) is 6.66. The summed E-state index contributed by atoms with van der Waals surface area (Å²) in [6, 6.07) is 3.07. The number of hydrogen-bond donors (Lipinski definition) is 1. The highest BCUT2D eigenvalue weighted by atomic mass is 16.5. The molecule has 20 heavy (non-hydrogen) atoms. The maximum Gasteiger partial charge on any atom is 0.338 e. The predicted molar refractivity (Wildman–Crippen MR) is 72.7 cm³/mol. The summed E-state index contributed by atoms with van der Waals surface area (Å²) in [7, 11) is 4.45. The highest BCUT2D eigenvalue weighted by molar-refractivity contribution is 5.91. The van der Waals surface area contributed by atoms with E-state index in [1.54, 1.807) is 0 Å². The van der Waals surface area contributed by atoms with Gasteiger partial charge in [0.15, 0.2) is 11.5 Å². The van der Waals surface area contributed by atoms with Crippen molar-refractivity contribution < 1.29 is 28.8 Å². The van der Waals surface area contributed by atoms with Crippen molar-refractivity contribution in [2.75, 3.05) is 34.5 Å². The summed E-state index contributed by atoms with van der Waals surface area (Å²) in [6.45, 7) is 0.345. The van der Waals surface area contributed by atoms with Gasteiger partial charge in [0.2, 0.25) is 5.75 Å². The second-order valence-electron chi connectivity index (χ2n) is 3.98. The fraction of sp³-hybridized carbons (Fsp3) is 0.500. The Labute approximate surface area is 118 Å². The van der Waals surface area contributed by atoms with Crippen LogP contribution in [0.25, 0.3) is 0 Å². The Morgan fingerprint density at radius 1 is 1.05 bits per heavy atom. The molecule has 1 aromatic rings. The van der Waals surface area contributed by atoms with Gasteiger partial charge >= 0.3 is 5.97 Å². The Morgan fingerprint density at radius 2 is 1.65 bits per heavy atom. The van der Waals surface area contributed by atoms with Crippen LogP contribution in [0, 0.1) is 0 Å². The fourth-order valence-electron chi connectivity index (χ4n) is 1.66. The predicted octanol–water partition coefficient (Wildman–Crippen LogP) is 1.64. The summed E-state index contributed by atoms with van der Waals surface area (Å²) in [5, 5.41) is 8.66. The van der Waals surface area contributed by atoms with E-state index in [4.69, 9.17) is 24.1 Å². The number of unbranched alkanes of at least 4 members (excludes halogenated alkanes) is 1. The van der Waals surface area contributed by atoms with Gasteiger partial charge in [-0.15, -0.1) is 0 Å². The standard InChI is InChI=1S/C14H20O6/c1-17-11-8-10(9-12(18-2)13(11)19-3)14(16)20-7-5-4-6-15/h8-9,15H,4-7H2,1-3H3. The van der Waals surface area contributed by atoms with E-state index in [0.717, 1.165) is 0 Å². The van der Waals surface area contributed by atoms with Gasteiger partial charge in [0.1, 0.15) is 0 Å². The van der Waals surface area contributed by atoms with Crippen molar-refractivity contribution in [3.8, 4) is 17.2 Å². The lowest BCUT2D eigenvalue weighted by Crippen LogP contribution is -2.08. The SMILES string of the molecule is COc1cc(C(=O)OCCCCO)cc(OC)c1OC. The number of carbonyl (C=O) groups excluding carboxylic acids is 1. The van der Waals surface area contributed by atoms with Gasteiger partial charge in [-0.3, -0.25) is 0 Å². The number of aliphatic hydroxyl groups is 1. The molecule has 0 saturated carbocycles. The first kappa shape index (κ1) is 16.1. The van der Waals surface area contributed by atoms with Crippen LogP contribution in [0.1, 0.15) is 23.2 Å². The first-order chi connectivity index (χ1) is 9.67. The molecule has 0 spiro atoms. The lowest BCUT2D eigenvalue weighted by molar-refractivity contribution is 0.0491. The first-order valence-electron chi connectivity index (χ1n) is 6.25. The first-order valence-corrected chi connectivity index (χ1v) is 6.25. The third-order valence-corrected chi connectivity index (χ3v) is 2.69. The van der Waals surface area contributed by atoms with Crippen LogP contribution in [0.2, 0.25) is 0 Å². The summed E-state index contributed by atoms with van der Waals surface area (Å²) < 4.78 is 20.6. The Bertz CT molecular complexity index is 418. The van der Waals surface area contributed by atoms with E-state index in [1.807, 2.05) is 0 Å². The number of benzene rings is 1. The molecule has 1 N–H and O–H groups in total. The van der Waals surface area contributed by atoms with Crippen LogP contribution in [0.3, 0.4) is 0 Å². The third-order valence-electron chi connectivity index (χ3n) is 2.69. The van der Waals surface area contributed by atoms with E-state index < -0.39 is 5.97 Å².